The van der Waals surface area contributed by atoms with Crippen molar-refractivity contribution in [1.82, 2.24) is 4.57 Å². The molecule has 9 heteroatoms. The van der Waals surface area contributed by atoms with Gasteiger partial charge in [0.2, 0.25) is 0 Å². The third-order valence-corrected chi connectivity index (χ3v) is 7.03. The average Bonchev–Trinajstić information content (AvgIpc) is 3.18. The van der Waals surface area contributed by atoms with Crippen molar-refractivity contribution in [3.05, 3.63) is 84.0 Å². The molecule has 194 valence electrons. The molecule has 2 aromatic carbocycles. The van der Waals surface area contributed by atoms with Gasteiger partial charge in [-0.2, -0.15) is 0 Å². The van der Waals surface area contributed by atoms with Gasteiger partial charge in [0.15, 0.2) is 16.3 Å². The van der Waals surface area contributed by atoms with Gasteiger partial charge in [-0.1, -0.05) is 29.5 Å². The van der Waals surface area contributed by atoms with Crippen molar-refractivity contribution >= 4 is 23.4 Å². The van der Waals surface area contributed by atoms with E-state index in [1.54, 1.807) is 38.7 Å². The SMILES string of the molecule is CCOC(=O)C1=C(C)N=c2sc(=Cc3ccc(OCC)c(OC)c3)c(=O)n2C1c1ccc(C)c(OC)c1. The Morgan fingerprint density at radius 1 is 1.03 bits per heavy atom. The van der Waals surface area contributed by atoms with Gasteiger partial charge in [0.25, 0.3) is 5.56 Å². The third kappa shape index (κ3) is 5.04. The quantitative estimate of drug-likeness (QED) is 0.421. The number of aryl methyl sites for hydroxylation is 1. The smallest absolute Gasteiger partial charge is 0.338 e. The third-order valence-electron chi connectivity index (χ3n) is 6.05. The minimum atomic E-state index is -0.707. The second kappa shape index (κ2) is 11.0. The van der Waals surface area contributed by atoms with Gasteiger partial charge in [-0.25, -0.2) is 9.79 Å². The number of rotatable bonds is 8. The Kier molecular flexibility index (Phi) is 7.83. The lowest BCUT2D eigenvalue weighted by Gasteiger charge is -2.25. The molecule has 0 aliphatic carbocycles. The first-order valence-corrected chi connectivity index (χ1v) is 12.8. The Hall–Kier alpha value is -3.85. The van der Waals surface area contributed by atoms with Crippen LogP contribution in [-0.4, -0.2) is 38.0 Å². The summed E-state index contributed by atoms with van der Waals surface area (Å²) in [5.41, 5.74) is 3.04. The van der Waals surface area contributed by atoms with E-state index in [4.69, 9.17) is 18.9 Å². The number of ether oxygens (including phenoxy) is 4. The summed E-state index contributed by atoms with van der Waals surface area (Å²) in [4.78, 5) is 32.0. The molecule has 0 N–H and O–H groups in total. The standard InChI is InChI=1S/C28H30N2O6S/c1-7-35-20-12-10-18(13-22(20)34-6)14-23-26(31)30-25(19-11-9-16(3)21(15-19)33-5)24(27(32)36-8-2)17(4)29-28(30)37-23/h9-15,25H,7-8H2,1-6H3. The number of carbonyl (C=O) groups is 1. The van der Waals surface area contributed by atoms with Crippen molar-refractivity contribution in [1.29, 1.82) is 0 Å². The van der Waals surface area contributed by atoms with E-state index < -0.39 is 12.0 Å². The molecule has 37 heavy (non-hydrogen) atoms. The maximum absolute atomic E-state index is 13.8. The van der Waals surface area contributed by atoms with Crippen molar-refractivity contribution in [2.75, 3.05) is 27.4 Å². The lowest BCUT2D eigenvalue weighted by atomic mass is 9.95. The van der Waals surface area contributed by atoms with Gasteiger partial charge in [0, 0.05) is 0 Å². The molecular weight excluding hydrogens is 492 g/mol. The van der Waals surface area contributed by atoms with Crippen LogP contribution in [0.15, 0.2) is 57.5 Å². The van der Waals surface area contributed by atoms with Crippen LogP contribution in [-0.2, 0) is 9.53 Å². The molecular formula is C28H30N2O6S. The van der Waals surface area contributed by atoms with Crippen LogP contribution >= 0.6 is 11.3 Å². The number of hydrogen-bond acceptors (Lipinski definition) is 8. The zero-order valence-corrected chi connectivity index (χ0v) is 22.6. The molecule has 8 nitrogen and oxygen atoms in total. The lowest BCUT2D eigenvalue weighted by Crippen LogP contribution is -2.40. The Labute approximate surface area is 219 Å². The number of benzene rings is 2. The molecule has 0 spiro atoms. The van der Waals surface area contributed by atoms with Gasteiger partial charge in [-0.05, 0) is 68.7 Å². The highest BCUT2D eigenvalue weighted by Gasteiger charge is 2.33. The number of aromatic nitrogens is 1. The van der Waals surface area contributed by atoms with Crippen LogP contribution in [0.2, 0.25) is 0 Å². The summed E-state index contributed by atoms with van der Waals surface area (Å²) in [6.45, 7) is 8.08. The predicted molar refractivity (Wildman–Crippen MR) is 142 cm³/mol. The number of fused-ring (bicyclic) bond motifs is 1. The molecule has 4 rings (SSSR count). The zero-order chi connectivity index (χ0) is 26.7. The molecule has 1 unspecified atom stereocenters. The number of methoxy groups -OCH3 is 2. The summed E-state index contributed by atoms with van der Waals surface area (Å²) in [5, 5.41) is 0. The van der Waals surface area contributed by atoms with E-state index >= 15 is 0 Å². The fraction of sp³-hybridized carbons (Fsp3) is 0.321. The molecule has 0 fully saturated rings. The van der Waals surface area contributed by atoms with Gasteiger partial charge in [0.1, 0.15) is 5.75 Å². The molecule has 1 aromatic heterocycles. The first-order chi connectivity index (χ1) is 17.8. The molecule has 0 saturated carbocycles. The molecule has 0 bridgehead atoms. The van der Waals surface area contributed by atoms with E-state index in [-0.39, 0.29) is 12.2 Å². The van der Waals surface area contributed by atoms with Crippen LogP contribution in [0.3, 0.4) is 0 Å². The summed E-state index contributed by atoms with van der Waals surface area (Å²) in [6.07, 6.45) is 1.79. The highest BCUT2D eigenvalue weighted by atomic mass is 32.1. The van der Waals surface area contributed by atoms with Gasteiger partial charge < -0.3 is 18.9 Å². The first kappa shape index (κ1) is 26.2. The topological polar surface area (TPSA) is 88.4 Å². The highest BCUT2D eigenvalue weighted by molar-refractivity contribution is 7.07. The van der Waals surface area contributed by atoms with Crippen molar-refractivity contribution in [2.24, 2.45) is 4.99 Å². The van der Waals surface area contributed by atoms with Crippen LogP contribution in [0.5, 0.6) is 17.2 Å². The van der Waals surface area contributed by atoms with Crippen LogP contribution in [0.25, 0.3) is 6.08 Å². The molecule has 0 amide bonds. The van der Waals surface area contributed by atoms with E-state index in [9.17, 15) is 9.59 Å². The van der Waals surface area contributed by atoms with Gasteiger partial charge in [-0.15, -0.1) is 0 Å². The van der Waals surface area contributed by atoms with Crippen LogP contribution in [0, 0.1) is 6.92 Å². The van der Waals surface area contributed by atoms with E-state index in [1.807, 2.05) is 50.2 Å². The number of hydrogen-bond donors (Lipinski definition) is 0. The van der Waals surface area contributed by atoms with Gasteiger partial charge in [-0.3, -0.25) is 9.36 Å². The maximum atomic E-state index is 13.8. The zero-order valence-electron chi connectivity index (χ0n) is 21.8. The molecule has 2 heterocycles. The van der Waals surface area contributed by atoms with Gasteiger partial charge >= 0.3 is 5.97 Å². The molecule has 3 aromatic rings. The van der Waals surface area contributed by atoms with Gasteiger partial charge in [0.05, 0.1) is 49.3 Å². The Balaban J connectivity index is 1.92. The first-order valence-electron chi connectivity index (χ1n) is 12.0. The summed E-state index contributed by atoms with van der Waals surface area (Å²) in [7, 11) is 3.17. The second-order valence-corrected chi connectivity index (χ2v) is 9.38. The van der Waals surface area contributed by atoms with E-state index in [0.717, 1.165) is 16.7 Å². The summed E-state index contributed by atoms with van der Waals surface area (Å²) in [6, 6.07) is 10.5. The molecule has 1 aliphatic heterocycles. The molecule has 0 radical (unpaired) electrons. The Bertz CT molecular complexity index is 1550. The highest BCUT2D eigenvalue weighted by Crippen LogP contribution is 2.33. The monoisotopic (exact) mass is 522 g/mol. The molecule has 0 saturated heterocycles. The number of thiazole rings is 1. The van der Waals surface area contributed by atoms with E-state index in [0.29, 0.717) is 44.5 Å². The summed E-state index contributed by atoms with van der Waals surface area (Å²) >= 11 is 1.27. The number of esters is 1. The molecule has 1 atom stereocenters. The minimum absolute atomic E-state index is 0.212. The van der Waals surface area contributed by atoms with Crippen molar-refractivity contribution in [3.63, 3.8) is 0 Å². The minimum Gasteiger partial charge on any atom is -0.496 e. The van der Waals surface area contributed by atoms with Crippen LogP contribution in [0.1, 0.15) is 43.5 Å². The summed E-state index contributed by atoms with van der Waals surface area (Å²) in [5.74, 6) is 1.37. The normalized spacial score (nSPS) is 15.2. The number of nitrogens with zero attached hydrogens (tertiary/aromatic N) is 2. The Morgan fingerprint density at radius 2 is 1.78 bits per heavy atom. The fourth-order valence-corrected chi connectivity index (χ4v) is 5.36. The lowest BCUT2D eigenvalue weighted by molar-refractivity contribution is -0.139. The van der Waals surface area contributed by atoms with Crippen LogP contribution < -0.4 is 29.1 Å². The van der Waals surface area contributed by atoms with Crippen molar-refractivity contribution in [3.8, 4) is 17.2 Å². The predicted octanol–water partition coefficient (Wildman–Crippen LogP) is 3.52. The summed E-state index contributed by atoms with van der Waals surface area (Å²) < 4.78 is 24.0. The second-order valence-electron chi connectivity index (χ2n) is 8.37. The van der Waals surface area contributed by atoms with Crippen molar-refractivity contribution in [2.45, 2.75) is 33.7 Å². The fourth-order valence-electron chi connectivity index (χ4n) is 4.31. The van der Waals surface area contributed by atoms with Crippen LogP contribution in [0.4, 0.5) is 0 Å². The maximum Gasteiger partial charge on any atom is 0.338 e. The van der Waals surface area contributed by atoms with E-state index in [2.05, 4.69) is 4.99 Å². The molecule has 1 aliphatic rings. The number of allylic oxidation sites excluding steroid dienone is 1. The number of carbonyl (C=O) groups excluding carboxylic acids is 1. The largest absolute Gasteiger partial charge is 0.496 e. The van der Waals surface area contributed by atoms with E-state index in [1.165, 1.54) is 11.3 Å². The Morgan fingerprint density at radius 3 is 2.46 bits per heavy atom. The average molecular weight is 523 g/mol. The van der Waals surface area contributed by atoms with Crippen molar-refractivity contribution < 1.29 is 23.7 Å².